The molecule has 14 heteroatoms. The predicted molar refractivity (Wildman–Crippen MR) is 231 cm³/mol. The molecule has 0 aliphatic carbocycles. The van der Waals surface area contributed by atoms with Crippen LogP contribution >= 0.6 is 7.60 Å². The molecule has 0 aromatic rings. The van der Waals surface area contributed by atoms with E-state index in [1.807, 2.05) is 41.5 Å². The minimum absolute atomic E-state index is 0.0220. The molecule has 2 N–H and O–H groups in total. The van der Waals surface area contributed by atoms with Gasteiger partial charge in [0, 0.05) is 26.1 Å². The second-order valence-corrected chi connectivity index (χ2v) is 22.2. The molecule has 1 atom stereocenters. The third-order valence-electron chi connectivity index (χ3n) is 9.46. The second-order valence-electron chi connectivity index (χ2n) is 20.3. The maximum Gasteiger partial charge on any atom is 0.328 e. The predicted octanol–water partition coefficient (Wildman–Crippen LogP) is 8.42. The molecule has 1 unspecified atom stereocenters. The van der Waals surface area contributed by atoms with Crippen LogP contribution in [0.5, 0.6) is 0 Å². The second kappa shape index (κ2) is 28.1. The van der Waals surface area contributed by atoms with Crippen LogP contribution in [0.4, 0.5) is 0 Å². The highest BCUT2D eigenvalue weighted by molar-refractivity contribution is 7.52. The number of esters is 2. The largest absolute Gasteiger partial charge is 0.465 e. The van der Waals surface area contributed by atoms with E-state index < -0.39 is 13.5 Å². The highest BCUT2D eigenvalue weighted by Crippen LogP contribution is 2.44. The van der Waals surface area contributed by atoms with Crippen LogP contribution in [-0.4, -0.2) is 113 Å². The molecular formula is C44H85N2O11P. The van der Waals surface area contributed by atoms with Gasteiger partial charge < -0.3 is 38.4 Å². The number of rotatable bonds is 34. The molecule has 0 aliphatic heterocycles. The van der Waals surface area contributed by atoms with Gasteiger partial charge in [0.15, 0.2) is 0 Å². The fraction of sp³-hybridized carbons (Fsp3) is 0.909. The van der Waals surface area contributed by atoms with Crippen molar-refractivity contribution in [2.75, 3.05) is 85.9 Å². The normalized spacial score (nSPS) is 14.1. The lowest BCUT2D eigenvalue weighted by atomic mass is 9.80. The van der Waals surface area contributed by atoms with E-state index in [4.69, 9.17) is 39.5 Å². The molecule has 342 valence electrons. The van der Waals surface area contributed by atoms with Crippen molar-refractivity contribution < 1.29 is 52.1 Å². The van der Waals surface area contributed by atoms with Gasteiger partial charge in [0.1, 0.15) is 13.3 Å². The number of carbonyl (C=O) groups is 2. The van der Waals surface area contributed by atoms with Gasteiger partial charge in [0.05, 0.1) is 70.9 Å². The molecule has 0 fully saturated rings. The van der Waals surface area contributed by atoms with E-state index in [-0.39, 0.29) is 91.4 Å². The Balaban J connectivity index is 4.84. The first-order valence-electron chi connectivity index (χ1n) is 21.2. The van der Waals surface area contributed by atoms with Gasteiger partial charge in [-0.1, -0.05) is 88.0 Å². The van der Waals surface area contributed by atoms with Crippen molar-refractivity contribution in [2.45, 2.75) is 146 Å². The zero-order chi connectivity index (χ0) is 44.5. The average molecular weight is 849 g/mol. The summed E-state index contributed by atoms with van der Waals surface area (Å²) < 4.78 is 46.7. The summed E-state index contributed by atoms with van der Waals surface area (Å²) in [4.78, 5) is 42.3. The van der Waals surface area contributed by atoms with E-state index in [2.05, 4.69) is 52.8 Å². The van der Waals surface area contributed by atoms with E-state index in [0.29, 0.717) is 45.9 Å². The van der Waals surface area contributed by atoms with Crippen LogP contribution in [0.25, 0.3) is 0 Å². The molecule has 0 bridgehead atoms. The Hall–Kier alpha value is -1.59. The topological polar surface area (TPSA) is 151 Å². The van der Waals surface area contributed by atoms with Crippen molar-refractivity contribution in [1.82, 2.24) is 10.4 Å². The maximum atomic E-state index is 13.2. The molecule has 0 heterocycles. The van der Waals surface area contributed by atoms with Crippen LogP contribution in [0.2, 0.25) is 0 Å². The van der Waals surface area contributed by atoms with Crippen LogP contribution in [0.3, 0.4) is 0 Å². The summed E-state index contributed by atoms with van der Waals surface area (Å²) in [5, 5.41) is 4.73. The monoisotopic (exact) mass is 849 g/mol. The molecule has 0 saturated carbocycles. The van der Waals surface area contributed by atoms with Crippen LogP contribution in [-0.2, 0) is 47.2 Å². The minimum atomic E-state index is -4.12. The van der Waals surface area contributed by atoms with Gasteiger partial charge in [0.25, 0.3) is 0 Å². The van der Waals surface area contributed by atoms with Gasteiger partial charge in [-0.05, 0) is 67.6 Å². The molecule has 0 aromatic carbocycles. The number of nitrogens with one attached hydrogen (secondary N) is 1. The van der Waals surface area contributed by atoms with E-state index >= 15 is 0 Å². The number of ether oxygens (including phenoxy) is 5. The van der Waals surface area contributed by atoms with Crippen LogP contribution in [0.1, 0.15) is 141 Å². The lowest BCUT2D eigenvalue weighted by Crippen LogP contribution is -2.33. The molecule has 0 aromatic heterocycles. The Labute approximate surface area is 353 Å². The van der Waals surface area contributed by atoms with Crippen LogP contribution < -0.4 is 5.32 Å². The Kier molecular flexibility index (Phi) is 27.3. The number of carbonyl (C=O) groups excluding carboxylic acids is 2. The van der Waals surface area contributed by atoms with Crippen molar-refractivity contribution in [3.63, 3.8) is 0 Å². The Morgan fingerprint density at radius 3 is 1.74 bits per heavy atom. The molecule has 58 heavy (non-hydrogen) atoms. The highest BCUT2D eigenvalue weighted by atomic mass is 31.2. The summed E-state index contributed by atoms with van der Waals surface area (Å²) in [6, 6.07) is 0. The smallest absolute Gasteiger partial charge is 0.328 e. The quantitative estimate of drug-likeness (QED) is 0.0159. The Morgan fingerprint density at radius 1 is 0.724 bits per heavy atom. The lowest BCUT2D eigenvalue weighted by Gasteiger charge is -2.28. The van der Waals surface area contributed by atoms with Crippen molar-refractivity contribution in [2.24, 2.45) is 27.6 Å². The first-order chi connectivity index (χ1) is 26.6. The fourth-order valence-corrected chi connectivity index (χ4v) is 7.26. The van der Waals surface area contributed by atoms with Crippen molar-refractivity contribution in [3.05, 3.63) is 0 Å². The molecular weight excluding hydrogens is 763 g/mol. The SMILES string of the molecule is C#CCOCCC(C)(C)OCN(C)OCCOCCNCCOP(=O)(O)CC(COC(=O)CC(C)(C)CCCC(C)(C)C)COC(=O)CC(C)(C)CCCC(C)(C)C. The van der Waals surface area contributed by atoms with Gasteiger partial charge in [0.2, 0.25) is 0 Å². The van der Waals surface area contributed by atoms with Crippen molar-refractivity contribution in [1.29, 1.82) is 0 Å². The molecule has 13 nitrogen and oxygen atoms in total. The number of terminal acetylenes is 1. The first-order valence-corrected chi connectivity index (χ1v) is 23.0. The zero-order valence-electron chi connectivity index (χ0n) is 38.9. The third-order valence-corrected chi connectivity index (χ3v) is 11.0. The molecule has 0 saturated heterocycles. The fourth-order valence-electron chi connectivity index (χ4n) is 5.92. The Bertz CT molecular complexity index is 1170. The standard InChI is InChI=1S/C44H85N2O11P/c1-15-25-51-26-22-44(12,13)55-36-46(14)56-30-29-52-27-23-45-24-28-57-58(49,50)35-37(33-53-38(47)31-42(8,9)20-16-18-40(2,3)4)34-54-39(48)32-43(10,11)21-17-19-41(5,6)7/h1,37,45H,16-36H2,2-14H3,(H,49,50). The van der Waals surface area contributed by atoms with Gasteiger partial charge in [-0.2, -0.15) is 5.06 Å². The maximum absolute atomic E-state index is 13.2. The van der Waals surface area contributed by atoms with Crippen molar-refractivity contribution >= 4 is 19.5 Å². The molecule has 0 amide bonds. The summed E-state index contributed by atoms with van der Waals surface area (Å²) in [5.74, 6) is 0.959. The third kappa shape index (κ3) is 35.2. The summed E-state index contributed by atoms with van der Waals surface area (Å²) in [5.41, 5.74) is -0.465. The summed E-state index contributed by atoms with van der Waals surface area (Å²) in [6.07, 6.45) is 11.9. The number of hydroxylamine groups is 2. The number of nitrogens with zero attached hydrogens (tertiary/aromatic N) is 1. The van der Waals surface area contributed by atoms with E-state index in [0.717, 1.165) is 38.5 Å². The van der Waals surface area contributed by atoms with E-state index in [9.17, 15) is 19.0 Å². The first kappa shape index (κ1) is 56.4. The zero-order valence-corrected chi connectivity index (χ0v) is 39.8. The van der Waals surface area contributed by atoms with Gasteiger partial charge in [-0.25, -0.2) is 0 Å². The number of hydrogen-bond acceptors (Lipinski definition) is 12. The van der Waals surface area contributed by atoms with Crippen molar-refractivity contribution in [3.8, 4) is 12.3 Å². The Morgan fingerprint density at radius 2 is 1.24 bits per heavy atom. The van der Waals surface area contributed by atoms with Gasteiger partial charge in [-0.15, -0.1) is 6.42 Å². The summed E-state index contributed by atoms with van der Waals surface area (Å²) in [6.45, 7) is 28.0. The van der Waals surface area contributed by atoms with Gasteiger partial charge >= 0.3 is 19.5 Å². The van der Waals surface area contributed by atoms with E-state index in [1.165, 1.54) is 0 Å². The summed E-state index contributed by atoms with van der Waals surface area (Å²) >= 11 is 0. The summed E-state index contributed by atoms with van der Waals surface area (Å²) in [7, 11) is -2.34. The number of hydrogen-bond donors (Lipinski definition) is 2. The molecule has 0 radical (unpaired) electrons. The lowest BCUT2D eigenvalue weighted by molar-refractivity contribution is -0.222. The van der Waals surface area contributed by atoms with Crippen LogP contribution in [0.15, 0.2) is 0 Å². The highest BCUT2D eigenvalue weighted by Gasteiger charge is 2.31. The van der Waals surface area contributed by atoms with Crippen LogP contribution in [0, 0.1) is 39.9 Å². The molecule has 0 aliphatic rings. The van der Waals surface area contributed by atoms with Gasteiger partial charge in [-0.3, -0.25) is 19.0 Å². The molecule has 0 rings (SSSR count). The minimum Gasteiger partial charge on any atom is -0.465 e. The van der Waals surface area contributed by atoms with E-state index in [1.54, 1.807) is 12.1 Å². The molecule has 0 spiro atoms. The average Bonchev–Trinajstić information content (AvgIpc) is 3.06.